The number of nitrogens with two attached hydrogens (primary N) is 1. The molecule has 0 unspecified atom stereocenters. The second-order valence-corrected chi connectivity index (χ2v) is 6.08. The van der Waals surface area contributed by atoms with Crippen molar-refractivity contribution < 1.29 is 0 Å². The Balaban J connectivity index is 2.34. The number of benzene rings is 1. The third-order valence-electron chi connectivity index (χ3n) is 3.60. The summed E-state index contributed by atoms with van der Waals surface area (Å²) < 4.78 is 0. The van der Waals surface area contributed by atoms with E-state index in [-0.39, 0.29) is 0 Å². The van der Waals surface area contributed by atoms with E-state index in [1.807, 2.05) is 0 Å². The molecule has 0 saturated carbocycles. The van der Waals surface area contributed by atoms with Crippen LogP contribution in [0, 0.1) is 20.8 Å². The van der Waals surface area contributed by atoms with Crippen molar-refractivity contribution >= 4 is 27.4 Å². The number of hydrazine groups is 1. The lowest BCUT2D eigenvalue weighted by atomic mass is 9.99. The molecule has 0 aliphatic carbocycles. The predicted octanol–water partition coefficient (Wildman–Crippen LogP) is 3.57. The molecule has 0 radical (unpaired) electrons. The van der Waals surface area contributed by atoms with E-state index in [4.69, 9.17) is 5.84 Å². The van der Waals surface area contributed by atoms with Gasteiger partial charge in [-0.05, 0) is 37.5 Å². The lowest BCUT2D eigenvalue weighted by Crippen LogP contribution is -2.09. The van der Waals surface area contributed by atoms with E-state index in [1.54, 1.807) is 11.3 Å². The van der Waals surface area contributed by atoms with Gasteiger partial charge >= 0.3 is 0 Å². The van der Waals surface area contributed by atoms with Crippen LogP contribution >= 0.6 is 11.3 Å². The van der Waals surface area contributed by atoms with Crippen molar-refractivity contribution in [1.29, 1.82) is 0 Å². The molecule has 0 aliphatic heterocycles. The highest BCUT2D eigenvalue weighted by atomic mass is 32.1. The standard InChI is InChI=1S/C15H16N4S/c1-8-4-5-11(6-9(8)2)12-10(3)20-15-13(12)14(19-16)17-7-18-15/h4-7H,16H2,1-3H3,(H,17,18,19). The lowest BCUT2D eigenvalue weighted by molar-refractivity contribution is 1.19. The molecule has 0 aliphatic rings. The van der Waals surface area contributed by atoms with Gasteiger partial charge in [-0.1, -0.05) is 18.2 Å². The minimum Gasteiger partial charge on any atom is -0.308 e. The monoisotopic (exact) mass is 284 g/mol. The highest BCUT2D eigenvalue weighted by Gasteiger charge is 2.16. The van der Waals surface area contributed by atoms with Crippen molar-refractivity contribution in [3.63, 3.8) is 0 Å². The number of hydrogen-bond donors (Lipinski definition) is 2. The van der Waals surface area contributed by atoms with Crippen LogP contribution in [0.2, 0.25) is 0 Å². The molecule has 0 bridgehead atoms. The van der Waals surface area contributed by atoms with Gasteiger partial charge in [-0.3, -0.25) is 0 Å². The van der Waals surface area contributed by atoms with Crippen molar-refractivity contribution in [3.05, 3.63) is 40.5 Å². The van der Waals surface area contributed by atoms with Crippen molar-refractivity contribution in [2.75, 3.05) is 5.43 Å². The molecule has 0 spiro atoms. The number of fused-ring (bicyclic) bond motifs is 1. The van der Waals surface area contributed by atoms with E-state index in [0.29, 0.717) is 5.82 Å². The molecule has 0 atom stereocenters. The molecule has 0 saturated heterocycles. The summed E-state index contributed by atoms with van der Waals surface area (Å²) in [6, 6.07) is 6.49. The van der Waals surface area contributed by atoms with Crippen LogP contribution in [0.3, 0.4) is 0 Å². The Hall–Kier alpha value is -1.98. The molecule has 4 nitrogen and oxygen atoms in total. The summed E-state index contributed by atoms with van der Waals surface area (Å²) in [7, 11) is 0. The van der Waals surface area contributed by atoms with Crippen LogP contribution < -0.4 is 11.3 Å². The minimum atomic E-state index is 0.674. The molecule has 2 aromatic heterocycles. The average Bonchev–Trinajstić information content (AvgIpc) is 2.77. The maximum atomic E-state index is 5.59. The molecule has 20 heavy (non-hydrogen) atoms. The molecule has 0 fully saturated rings. The first-order valence-corrected chi connectivity index (χ1v) is 7.22. The van der Waals surface area contributed by atoms with Crippen molar-refractivity contribution in [2.45, 2.75) is 20.8 Å². The maximum absolute atomic E-state index is 5.59. The van der Waals surface area contributed by atoms with E-state index in [9.17, 15) is 0 Å². The van der Waals surface area contributed by atoms with E-state index in [1.165, 1.54) is 33.5 Å². The Labute approximate surface area is 121 Å². The van der Waals surface area contributed by atoms with Gasteiger partial charge < -0.3 is 5.43 Å². The number of thiophene rings is 1. The Morgan fingerprint density at radius 2 is 1.90 bits per heavy atom. The Morgan fingerprint density at radius 1 is 1.10 bits per heavy atom. The minimum absolute atomic E-state index is 0.674. The number of rotatable bonds is 2. The third kappa shape index (κ3) is 1.95. The fraction of sp³-hybridized carbons (Fsp3) is 0.200. The zero-order valence-corrected chi connectivity index (χ0v) is 12.5. The summed E-state index contributed by atoms with van der Waals surface area (Å²) >= 11 is 1.67. The number of nitrogens with one attached hydrogen (secondary N) is 1. The summed E-state index contributed by atoms with van der Waals surface area (Å²) in [5, 5.41) is 1.00. The van der Waals surface area contributed by atoms with Gasteiger partial charge in [0, 0.05) is 10.4 Å². The largest absolute Gasteiger partial charge is 0.308 e. The number of anilines is 1. The first kappa shape index (κ1) is 13.0. The maximum Gasteiger partial charge on any atom is 0.152 e. The van der Waals surface area contributed by atoms with Crippen molar-refractivity contribution in [1.82, 2.24) is 9.97 Å². The summed E-state index contributed by atoms with van der Waals surface area (Å²) in [5.74, 6) is 6.26. The molecular formula is C15H16N4S. The number of nitrogen functional groups attached to an aromatic ring is 1. The number of aryl methyl sites for hydroxylation is 3. The number of nitrogens with zero attached hydrogens (tertiary/aromatic N) is 2. The fourth-order valence-electron chi connectivity index (χ4n) is 2.40. The fourth-order valence-corrected chi connectivity index (χ4v) is 3.41. The molecule has 2 heterocycles. The van der Waals surface area contributed by atoms with Gasteiger partial charge in [0.15, 0.2) is 5.82 Å². The Kier molecular flexibility index (Phi) is 3.16. The second kappa shape index (κ2) is 4.85. The first-order valence-electron chi connectivity index (χ1n) is 6.40. The van der Waals surface area contributed by atoms with E-state index in [2.05, 4.69) is 54.4 Å². The van der Waals surface area contributed by atoms with Crippen molar-refractivity contribution in [2.24, 2.45) is 5.84 Å². The molecule has 3 rings (SSSR count). The van der Waals surface area contributed by atoms with Gasteiger partial charge in [0.05, 0.1) is 5.39 Å². The third-order valence-corrected chi connectivity index (χ3v) is 4.61. The van der Waals surface area contributed by atoms with Crippen molar-refractivity contribution in [3.8, 4) is 11.1 Å². The van der Waals surface area contributed by atoms with Gasteiger partial charge in [-0.15, -0.1) is 11.3 Å². The summed E-state index contributed by atoms with van der Waals surface area (Å²) in [6.07, 6.45) is 1.54. The average molecular weight is 284 g/mol. The van der Waals surface area contributed by atoms with Gasteiger partial charge in [0.2, 0.25) is 0 Å². The van der Waals surface area contributed by atoms with Crippen LogP contribution in [-0.2, 0) is 0 Å². The lowest BCUT2D eigenvalue weighted by Gasteiger charge is -2.08. The zero-order valence-electron chi connectivity index (χ0n) is 11.7. The zero-order chi connectivity index (χ0) is 14.3. The molecule has 3 N–H and O–H groups in total. The molecule has 5 heteroatoms. The highest BCUT2D eigenvalue weighted by molar-refractivity contribution is 7.19. The van der Waals surface area contributed by atoms with Crippen LogP contribution in [0.15, 0.2) is 24.5 Å². The number of hydrogen-bond acceptors (Lipinski definition) is 5. The second-order valence-electron chi connectivity index (χ2n) is 4.88. The van der Waals surface area contributed by atoms with E-state index in [0.717, 1.165) is 10.2 Å². The summed E-state index contributed by atoms with van der Waals surface area (Å²) in [4.78, 5) is 10.8. The van der Waals surface area contributed by atoms with Crippen LogP contribution in [0.4, 0.5) is 5.82 Å². The molecular weight excluding hydrogens is 268 g/mol. The Morgan fingerprint density at radius 3 is 2.60 bits per heavy atom. The summed E-state index contributed by atoms with van der Waals surface area (Å²) in [6.45, 7) is 6.35. The van der Waals surface area contributed by atoms with E-state index < -0.39 is 0 Å². The van der Waals surface area contributed by atoms with Gasteiger partial charge in [-0.2, -0.15) is 0 Å². The van der Waals surface area contributed by atoms with Gasteiger partial charge in [0.25, 0.3) is 0 Å². The van der Waals surface area contributed by atoms with Crippen LogP contribution in [0.1, 0.15) is 16.0 Å². The quantitative estimate of drug-likeness (QED) is 0.558. The van der Waals surface area contributed by atoms with Crippen LogP contribution in [0.25, 0.3) is 21.3 Å². The number of aromatic nitrogens is 2. The van der Waals surface area contributed by atoms with Gasteiger partial charge in [0.1, 0.15) is 11.2 Å². The van der Waals surface area contributed by atoms with E-state index >= 15 is 0 Å². The predicted molar refractivity (Wildman–Crippen MR) is 84.9 cm³/mol. The van der Waals surface area contributed by atoms with Crippen LogP contribution in [0.5, 0.6) is 0 Å². The molecule has 1 aromatic carbocycles. The Bertz CT molecular complexity index is 792. The van der Waals surface area contributed by atoms with Crippen LogP contribution in [-0.4, -0.2) is 9.97 Å². The topological polar surface area (TPSA) is 63.8 Å². The molecule has 0 amide bonds. The molecule has 3 aromatic rings. The normalized spacial score (nSPS) is 11.0. The highest BCUT2D eigenvalue weighted by Crippen LogP contribution is 2.40. The first-order chi connectivity index (χ1) is 9.61. The molecule has 102 valence electrons. The van der Waals surface area contributed by atoms with Gasteiger partial charge in [-0.25, -0.2) is 15.8 Å². The smallest absolute Gasteiger partial charge is 0.152 e. The SMILES string of the molecule is Cc1ccc(-c2c(C)sc3ncnc(NN)c23)cc1C. The summed E-state index contributed by atoms with van der Waals surface area (Å²) in [5.41, 5.74) is 7.60.